The van der Waals surface area contributed by atoms with Crippen LogP contribution in [0.15, 0.2) is 54.1 Å². The normalized spacial score (nSPS) is 12.2. The third-order valence-electron chi connectivity index (χ3n) is 5.01. The molecule has 0 spiro atoms. The predicted molar refractivity (Wildman–Crippen MR) is 133 cm³/mol. The smallest absolute Gasteiger partial charge is 0.341 e. The van der Waals surface area contributed by atoms with Gasteiger partial charge in [0.1, 0.15) is 0 Å². The molecule has 0 amide bonds. The van der Waals surface area contributed by atoms with Gasteiger partial charge in [-0.2, -0.15) is 0 Å². The number of carbonyl (C=O) groups is 1. The van der Waals surface area contributed by atoms with Gasteiger partial charge in [0.25, 0.3) is 0 Å². The number of aryl methyl sites for hydroxylation is 1. The number of carboxylic acid groups (broad SMARTS) is 1. The van der Waals surface area contributed by atoms with Gasteiger partial charge in [-0.1, -0.05) is 81.1 Å². The minimum atomic E-state index is -2.53. The van der Waals surface area contributed by atoms with Crippen molar-refractivity contribution < 1.29 is 9.90 Å². The molecule has 0 atom stereocenters. The molecule has 2 aromatic rings. The number of unbranched alkanes of at least 4 members (excludes halogenated alkanes) is 3. The second-order valence-corrected chi connectivity index (χ2v) is 16.9. The van der Waals surface area contributed by atoms with E-state index in [9.17, 15) is 9.90 Å². The monoisotopic (exact) mass is 482 g/mol. The largest absolute Gasteiger partial charge is 0.478 e. The van der Waals surface area contributed by atoms with Crippen LogP contribution >= 0.6 is 33.2 Å². The Kier molecular flexibility index (Phi) is 10.5. The molecule has 0 unspecified atom stereocenters. The number of rotatable bonds is 12. The molecule has 0 saturated carbocycles. The lowest BCUT2D eigenvalue weighted by molar-refractivity contribution is -0.132. The minimum absolute atomic E-state index is 0.433. The highest BCUT2D eigenvalue weighted by atomic mass is 35.8. The predicted octanol–water partition coefficient (Wildman–Crippen LogP) is 8.38. The number of hydrogen-bond donors (Lipinski definition) is 1. The van der Waals surface area contributed by atoms with Crippen LogP contribution in [0.4, 0.5) is 0 Å². The molecule has 0 bridgehead atoms. The maximum atomic E-state index is 11.6. The van der Waals surface area contributed by atoms with E-state index in [-0.39, 0.29) is 0 Å². The first-order valence-corrected chi connectivity index (χ1v) is 15.7. The van der Waals surface area contributed by atoms with Gasteiger partial charge in [-0.3, -0.25) is 0 Å². The van der Waals surface area contributed by atoms with Gasteiger partial charge in [0.2, 0.25) is 0 Å². The molecule has 2 rings (SSSR count). The van der Waals surface area contributed by atoms with Crippen LogP contribution in [0.5, 0.6) is 0 Å². The summed E-state index contributed by atoms with van der Waals surface area (Å²) in [5.74, 6) is -0.862. The van der Waals surface area contributed by atoms with E-state index in [1.54, 1.807) is 6.08 Å². The highest BCUT2D eigenvalue weighted by Crippen LogP contribution is 2.28. The topological polar surface area (TPSA) is 37.3 Å². The molecule has 0 saturated heterocycles. The van der Waals surface area contributed by atoms with Crippen LogP contribution in [0.25, 0.3) is 17.2 Å². The van der Waals surface area contributed by atoms with E-state index in [2.05, 4.69) is 31.2 Å². The first-order valence-electron chi connectivity index (χ1n) is 10.5. The summed E-state index contributed by atoms with van der Waals surface area (Å²) >= 11 is 17.6. The van der Waals surface area contributed by atoms with Crippen LogP contribution in [-0.4, -0.2) is 17.1 Å². The van der Waals surface area contributed by atoms with Crippen LogP contribution < -0.4 is 0 Å². The number of halogens is 3. The highest BCUT2D eigenvalue weighted by molar-refractivity contribution is 7.64. The molecule has 0 heterocycles. The van der Waals surface area contributed by atoms with E-state index in [1.807, 2.05) is 24.3 Å². The lowest BCUT2D eigenvalue weighted by atomic mass is 9.99. The molecule has 2 nitrogen and oxygen atoms in total. The highest BCUT2D eigenvalue weighted by Gasteiger charge is 2.23. The second-order valence-electron chi connectivity index (χ2n) is 7.57. The van der Waals surface area contributed by atoms with E-state index in [4.69, 9.17) is 33.2 Å². The molecule has 0 radical (unpaired) electrons. The van der Waals surface area contributed by atoms with Crippen LogP contribution in [0.3, 0.4) is 0 Å². The van der Waals surface area contributed by atoms with Gasteiger partial charge in [-0.05, 0) is 53.6 Å². The Labute approximate surface area is 195 Å². The first-order chi connectivity index (χ1) is 14.3. The molecule has 0 aromatic heterocycles. The summed E-state index contributed by atoms with van der Waals surface area (Å²) in [6, 6.07) is 14.8. The van der Waals surface area contributed by atoms with Crippen molar-refractivity contribution in [2.75, 3.05) is 0 Å². The number of benzene rings is 2. The van der Waals surface area contributed by atoms with Gasteiger partial charge in [0.05, 0.1) is 0 Å². The summed E-state index contributed by atoms with van der Waals surface area (Å²) in [6.07, 6.45) is 8.15. The Bertz CT molecular complexity index is 825. The number of carboxylic acids is 1. The molecular formula is C24H29Cl3O2Si. The SMILES string of the molecule is CCCc1ccc(-c2ccc(/C=C(\CCCCCC[Si](Cl)(Cl)Cl)C(=O)O)cc2)cc1. The molecule has 2 aromatic carbocycles. The maximum Gasteiger partial charge on any atom is 0.341 e. The van der Waals surface area contributed by atoms with E-state index in [0.717, 1.165) is 49.7 Å². The first kappa shape index (κ1) is 25.0. The third-order valence-corrected chi connectivity index (χ3v) is 7.63. The zero-order chi connectivity index (χ0) is 22.0. The van der Waals surface area contributed by atoms with Crippen molar-refractivity contribution in [1.29, 1.82) is 0 Å². The summed E-state index contributed by atoms with van der Waals surface area (Å²) in [5.41, 5.74) is 4.98. The van der Waals surface area contributed by atoms with E-state index in [1.165, 1.54) is 11.1 Å². The molecule has 162 valence electrons. The number of aliphatic carboxylic acids is 1. The molecule has 6 heteroatoms. The summed E-state index contributed by atoms with van der Waals surface area (Å²) in [6.45, 7) is 2.18. The van der Waals surface area contributed by atoms with Gasteiger partial charge in [-0.25, -0.2) is 4.79 Å². The van der Waals surface area contributed by atoms with Crippen molar-refractivity contribution in [1.82, 2.24) is 0 Å². The lowest BCUT2D eigenvalue weighted by Gasteiger charge is -2.07. The zero-order valence-electron chi connectivity index (χ0n) is 17.3. The molecule has 30 heavy (non-hydrogen) atoms. The van der Waals surface area contributed by atoms with Crippen molar-refractivity contribution >= 4 is 51.3 Å². The van der Waals surface area contributed by atoms with Crippen molar-refractivity contribution in [3.63, 3.8) is 0 Å². The Morgan fingerprint density at radius 2 is 1.47 bits per heavy atom. The van der Waals surface area contributed by atoms with Crippen LogP contribution in [0.2, 0.25) is 6.04 Å². The Balaban J connectivity index is 1.93. The fraction of sp³-hybridized carbons (Fsp3) is 0.375. The molecule has 1 N–H and O–H groups in total. The number of hydrogen-bond acceptors (Lipinski definition) is 1. The molecule has 0 aliphatic carbocycles. The fourth-order valence-corrected chi connectivity index (χ4v) is 5.21. The summed E-state index contributed by atoms with van der Waals surface area (Å²) < 4.78 is 0. The van der Waals surface area contributed by atoms with Gasteiger partial charge < -0.3 is 5.11 Å². The average molecular weight is 484 g/mol. The summed E-state index contributed by atoms with van der Waals surface area (Å²) in [5, 5.41) is 9.53. The Morgan fingerprint density at radius 3 is 2.00 bits per heavy atom. The average Bonchev–Trinajstić information content (AvgIpc) is 2.70. The fourth-order valence-electron chi connectivity index (χ4n) is 3.36. The molecular weight excluding hydrogens is 455 g/mol. The van der Waals surface area contributed by atoms with Gasteiger partial charge >= 0.3 is 12.0 Å². The van der Waals surface area contributed by atoms with Gasteiger partial charge in [-0.15, -0.1) is 33.2 Å². The summed E-state index contributed by atoms with van der Waals surface area (Å²) in [4.78, 5) is 11.6. The minimum Gasteiger partial charge on any atom is -0.478 e. The third kappa shape index (κ3) is 9.26. The van der Waals surface area contributed by atoms with Gasteiger partial charge in [0, 0.05) is 5.57 Å². The van der Waals surface area contributed by atoms with Crippen LogP contribution in [0, 0.1) is 0 Å². The molecule has 0 aliphatic heterocycles. The molecule has 0 aliphatic rings. The van der Waals surface area contributed by atoms with Crippen LogP contribution in [-0.2, 0) is 11.2 Å². The summed E-state index contributed by atoms with van der Waals surface area (Å²) in [7, 11) is 0. The van der Waals surface area contributed by atoms with E-state index < -0.39 is 12.0 Å². The van der Waals surface area contributed by atoms with Gasteiger partial charge in [0.15, 0.2) is 0 Å². The zero-order valence-corrected chi connectivity index (χ0v) is 20.6. The standard InChI is InChI=1S/C24H29Cl3O2Si/c1-2-7-19-9-13-21(14-10-19)22-15-11-20(12-16-22)18-23(24(28)29)8-5-3-4-6-17-30(25,26)27/h9-16,18H,2-8,17H2,1H3,(H,28,29)/b23-18+. The van der Waals surface area contributed by atoms with E-state index >= 15 is 0 Å². The Hall–Kier alpha value is -1.26. The van der Waals surface area contributed by atoms with Crippen molar-refractivity contribution in [2.24, 2.45) is 0 Å². The molecule has 0 fully saturated rings. The van der Waals surface area contributed by atoms with E-state index in [0.29, 0.717) is 18.0 Å². The quantitative estimate of drug-likeness (QED) is 0.142. The van der Waals surface area contributed by atoms with Crippen molar-refractivity contribution in [2.45, 2.75) is 57.9 Å². The van der Waals surface area contributed by atoms with Crippen LogP contribution in [0.1, 0.15) is 56.6 Å². The maximum absolute atomic E-state index is 11.6. The van der Waals surface area contributed by atoms with Crippen molar-refractivity contribution in [3.05, 3.63) is 65.2 Å². The van der Waals surface area contributed by atoms with Crippen molar-refractivity contribution in [3.8, 4) is 11.1 Å². The lowest BCUT2D eigenvalue weighted by Crippen LogP contribution is -2.07. The second kappa shape index (κ2) is 12.6. The Morgan fingerprint density at radius 1 is 0.900 bits per heavy atom.